The minimum absolute atomic E-state index is 0.112. The van der Waals surface area contributed by atoms with Gasteiger partial charge in [0.25, 0.3) is 11.6 Å². The minimum Gasteiger partial charge on any atom is -0.352 e. The number of amides is 1. The van der Waals surface area contributed by atoms with E-state index >= 15 is 0 Å². The molecule has 0 saturated carbocycles. The molecular formula is C15H23N3O3. The lowest BCUT2D eigenvalue weighted by Crippen LogP contribution is -2.30. The van der Waals surface area contributed by atoms with E-state index in [1.807, 2.05) is 0 Å². The topological polar surface area (TPSA) is 75.5 Å². The van der Waals surface area contributed by atoms with Gasteiger partial charge in [-0.15, -0.1) is 0 Å². The highest BCUT2D eigenvalue weighted by Crippen LogP contribution is 2.22. The molecule has 0 unspecified atom stereocenters. The van der Waals surface area contributed by atoms with Crippen LogP contribution < -0.4 is 5.32 Å². The summed E-state index contributed by atoms with van der Waals surface area (Å²) < 4.78 is 0. The second kappa shape index (κ2) is 8.36. The second-order valence-electron chi connectivity index (χ2n) is 4.86. The zero-order valence-electron chi connectivity index (χ0n) is 12.9. The summed E-state index contributed by atoms with van der Waals surface area (Å²) in [6.45, 7) is 9.21. The van der Waals surface area contributed by atoms with Crippen LogP contribution in [0.1, 0.15) is 36.2 Å². The van der Waals surface area contributed by atoms with Crippen molar-refractivity contribution >= 4 is 11.6 Å². The molecule has 1 rings (SSSR count). The lowest BCUT2D eigenvalue weighted by molar-refractivity contribution is -0.385. The monoisotopic (exact) mass is 293 g/mol. The fourth-order valence-electron chi connectivity index (χ4n) is 2.22. The number of hydrogen-bond acceptors (Lipinski definition) is 4. The van der Waals surface area contributed by atoms with Crippen molar-refractivity contribution in [2.45, 2.75) is 27.2 Å². The van der Waals surface area contributed by atoms with Gasteiger partial charge in [0.05, 0.1) is 4.92 Å². The normalized spacial score (nSPS) is 10.7. The molecule has 0 fully saturated rings. The van der Waals surface area contributed by atoms with Crippen LogP contribution in [0.4, 0.5) is 5.69 Å². The fraction of sp³-hybridized carbons (Fsp3) is 0.533. The van der Waals surface area contributed by atoms with E-state index in [1.165, 1.54) is 6.07 Å². The van der Waals surface area contributed by atoms with Gasteiger partial charge in [-0.3, -0.25) is 14.9 Å². The van der Waals surface area contributed by atoms with Crippen LogP contribution in [0.25, 0.3) is 0 Å². The summed E-state index contributed by atoms with van der Waals surface area (Å²) in [5, 5.41) is 13.8. The Kier molecular flexibility index (Phi) is 6.81. The number of carbonyl (C=O) groups excluding carboxylic acids is 1. The third-order valence-corrected chi connectivity index (χ3v) is 3.50. The lowest BCUT2D eigenvalue weighted by atomic mass is 10.1. The molecule has 1 amide bonds. The van der Waals surface area contributed by atoms with E-state index in [1.54, 1.807) is 19.1 Å². The van der Waals surface area contributed by atoms with Crippen molar-refractivity contribution in [2.75, 3.05) is 26.2 Å². The highest BCUT2D eigenvalue weighted by Gasteiger charge is 2.21. The Labute approximate surface area is 125 Å². The molecule has 0 aliphatic heterocycles. The molecular weight excluding hydrogens is 270 g/mol. The predicted octanol–water partition coefficient (Wildman–Crippen LogP) is 2.36. The second-order valence-corrected chi connectivity index (χ2v) is 4.86. The highest BCUT2D eigenvalue weighted by molar-refractivity contribution is 5.98. The van der Waals surface area contributed by atoms with Crippen molar-refractivity contribution in [3.05, 3.63) is 39.4 Å². The van der Waals surface area contributed by atoms with Crippen LogP contribution >= 0.6 is 0 Å². The van der Waals surface area contributed by atoms with E-state index in [2.05, 4.69) is 24.1 Å². The molecule has 0 bridgehead atoms. The molecule has 0 aliphatic carbocycles. The van der Waals surface area contributed by atoms with Crippen LogP contribution in [0.3, 0.4) is 0 Å². The number of para-hydroxylation sites is 1. The first kappa shape index (κ1) is 17.1. The van der Waals surface area contributed by atoms with Gasteiger partial charge in [-0.1, -0.05) is 26.0 Å². The summed E-state index contributed by atoms with van der Waals surface area (Å²) in [5.74, 6) is -0.384. The van der Waals surface area contributed by atoms with Crippen molar-refractivity contribution in [2.24, 2.45) is 0 Å². The Morgan fingerprint density at radius 3 is 2.57 bits per heavy atom. The number of benzene rings is 1. The van der Waals surface area contributed by atoms with Crippen molar-refractivity contribution in [1.29, 1.82) is 0 Å². The van der Waals surface area contributed by atoms with Gasteiger partial charge in [-0.25, -0.2) is 0 Å². The van der Waals surface area contributed by atoms with Crippen molar-refractivity contribution in [3.63, 3.8) is 0 Å². The molecule has 0 aliphatic rings. The zero-order chi connectivity index (χ0) is 15.8. The quantitative estimate of drug-likeness (QED) is 0.453. The molecule has 0 atom stereocenters. The maximum Gasteiger partial charge on any atom is 0.285 e. The molecule has 0 spiro atoms. The summed E-state index contributed by atoms with van der Waals surface area (Å²) in [6, 6.07) is 4.79. The Hall–Kier alpha value is -1.95. The SMILES string of the molecule is CCN(CC)CCCNC(=O)c1cccc(C)c1[N+](=O)[O-]. The van der Waals surface area contributed by atoms with Crippen molar-refractivity contribution in [1.82, 2.24) is 10.2 Å². The Morgan fingerprint density at radius 1 is 1.33 bits per heavy atom. The van der Waals surface area contributed by atoms with Gasteiger partial charge in [0.2, 0.25) is 0 Å². The number of nitro benzene ring substituents is 1. The molecule has 1 aromatic carbocycles. The third kappa shape index (κ3) is 4.82. The summed E-state index contributed by atoms with van der Waals surface area (Å²) in [7, 11) is 0. The van der Waals surface area contributed by atoms with Gasteiger partial charge in [-0.05, 0) is 39.0 Å². The van der Waals surface area contributed by atoms with Gasteiger partial charge < -0.3 is 10.2 Å². The lowest BCUT2D eigenvalue weighted by Gasteiger charge is -2.17. The van der Waals surface area contributed by atoms with Crippen molar-refractivity contribution < 1.29 is 9.72 Å². The van der Waals surface area contributed by atoms with E-state index in [4.69, 9.17) is 0 Å². The summed E-state index contributed by atoms with van der Waals surface area (Å²) in [5.41, 5.74) is 0.511. The van der Waals surface area contributed by atoms with E-state index in [9.17, 15) is 14.9 Å². The smallest absolute Gasteiger partial charge is 0.285 e. The molecule has 21 heavy (non-hydrogen) atoms. The number of nitro groups is 1. The Bertz CT molecular complexity index is 499. The number of aryl methyl sites for hydroxylation is 1. The van der Waals surface area contributed by atoms with Crippen LogP contribution in [-0.4, -0.2) is 41.9 Å². The van der Waals surface area contributed by atoms with E-state index in [0.717, 1.165) is 26.1 Å². The molecule has 0 aromatic heterocycles. The van der Waals surface area contributed by atoms with Gasteiger partial charge in [0, 0.05) is 12.1 Å². The van der Waals surface area contributed by atoms with Gasteiger partial charge >= 0.3 is 0 Å². The Balaban J connectivity index is 2.61. The van der Waals surface area contributed by atoms with E-state index < -0.39 is 4.92 Å². The predicted molar refractivity (Wildman–Crippen MR) is 82.6 cm³/mol. The summed E-state index contributed by atoms with van der Waals surface area (Å²) in [6.07, 6.45) is 0.826. The van der Waals surface area contributed by atoms with Crippen molar-refractivity contribution in [3.8, 4) is 0 Å². The summed E-state index contributed by atoms with van der Waals surface area (Å²) in [4.78, 5) is 24.9. The fourth-order valence-corrected chi connectivity index (χ4v) is 2.22. The van der Waals surface area contributed by atoms with Crippen LogP contribution in [0.5, 0.6) is 0 Å². The molecule has 0 heterocycles. The number of nitrogens with zero attached hydrogens (tertiary/aromatic N) is 2. The molecule has 6 heteroatoms. The van der Waals surface area contributed by atoms with Gasteiger partial charge in [-0.2, -0.15) is 0 Å². The van der Waals surface area contributed by atoms with Crippen LogP contribution in [0.15, 0.2) is 18.2 Å². The minimum atomic E-state index is -0.500. The average Bonchev–Trinajstić information content (AvgIpc) is 2.46. The van der Waals surface area contributed by atoms with Gasteiger partial charge in [0.1, 0.15) is 5.56 Å². The Morgan fingerprint density at radius 2 is 2.00 bits per heavy atom. The first-order valence-corrected chi connectivity index (χ1v) is 7.25. The largest absolute Gasteiger partial charge is 0.352 e. The number of carbonyl (C=O) groups is 1. The van der Waals surface area contributed by atoms with E-state index in [0.29, 0.717) is 12.1 Å². The number of nitrogens with one attached hydrogen (secondary N) is 1. The number of hydrogen-bond donors (Lipinski definition) is 1. The van der Waals surface area contributed by atoms with Crippen LogP contribution in [0, 0.1) is 17.0 Å². The maximum absolute atomic E-state index is 12.1. The van der Waals surface area contributed by atoms with Crippen LogP contribution in [-0.2, 0) is 0 Å². The zero-order valence-corrected chi connectivity index (χ0v) is 12.9. The third-order valence-electron chi connectivity index (χ3n) is 3.50. The molecule has 0 saturated heterocycles. The molecule has 6 nitrogen and oxygen atoms in total. The molecule has 1 aromatic rings. The molecule has 1 N–H and O–H groups in total. The summed E-state index contributed by atoms with van der Waals surface area (Å²) >= 11 is 0. The molecule has 0 radical (unpaired) electrons. The standard InChI is InChI=1S/C15H23N3O3/c1-4-17(5-2)11-7-10-16-15(19)13-9-6-8-12(3)14(13)18(20)21/h6,8-9H,4-5,7,10-11H2,1-3H3,(H,16,19). The highest BCUT2D eigenvalue weighted by atomic mass is 16.6. The first-order valence-electron chi connectivity index (χ1n) is 7.25. The number of rotatable bonds is 8. The first-order chi connectivity index (χ1) is 10.0. The van der Waals surface area contributed by atoms with Crippen LogP contribution in [0.2, 0.25) is 0 Å². The molecule has 116 valence electrons. The van der Waals surface area contributed by atoms with Gasteiger partial charge in [0.15, 0.2) is 0 Å². The average molecular weight is 293 g/mol. The van der Waals surface area contributed by atoms with E-state index in [-0.39, 0.29) is 17.2 Å². The maximum atomic E-state index is 12.1.